The zero-order valence-corrected chi connectivity index (χ0v) is 14.7. The molecule has 1 amide bonds. The van der Waals surface area contributed by atoms with E-state index in [4.69, 9.17) is 0 Å². The number of nitrogens with zero attached hydrogens (tertiary/aromatic N) is 2. The average molecular weight is 340 g/mol. The molecule has 0 aliphatic carbocycles. The van der Waals surface area contributed by atoms with Gasteiger partial charge in [-0.25, -0.2) is 4.98 Å². The standard InChI is InChI=1S/C19H24N4O2/c1-13-7-9-23(10-8-13)17-6-4-15(11-20-17)12-21-18(24)16-5-3-14(2)22-19(16)25/h3-6,11,13H,7-10,12H2,1-2H3,(H,21,24)(H,22,25). The topological polar surface area (TPSA) is 78.1 Å². The van der Waals surface area contributed by atoms with Gasteiger partial charge in [-0.15, -0.1) is 0 Å². The Morgan fingerprint density at radius 2 is 2.04 bits per heavy atom. The molecule has 0 atom stereocenters. The van der Waals surface area contributed by atoms with Gasteiger partial charge in [-0.05, 0) is 49.4 Å². The molecule has 3 rings (SSSR count). The lowest BCUT2D eigenvalue weighted by molar-refractivity contribution is 0.0949. The molecule has 1 saturated heterocycles. The number of piperidine rings is 1. The summed E-state index contributed by atoms with van der Waals surface area (Å²) in [6, 6.07) is 7.23. The number of aromatic nitrogens is 2. The van der Waals surface area contributed by atoms with Crippen molar-refractivity contribution in [3.05, 3.63) is 57.6 Å². The first kappa shape index (κ1) is 17.2. The first-order valence-electron chi connectivity index (χ1n) is 8.71. The molecule has 25 heavy (non-hydrogen) atoms. The number of aromatic amines is 1. The second-order valence-electron chi connectivity index (χ2n) is 6.76. The van der Waals surface area contributed by atoms with Gasteiger partial charge in [-0.3, -0.25) is 9.59 Å². The molecule has 0 unspecified atom stereocenters. The van der Waals surface area contributed by atoms with Crippen molar-refractivity contribution in [2.24, 2.45) is 5.92 Å². The Kier molecular flexibility index (Phi) is 5.16. The third-order valence-electron chi connectivity index (χ3n) is 4.67. The van der Waals surface area contributed by atoms with Crippen LogP contribution in [0.15, 0.2) is 35.3 Å². The Labute approximate surface area is 147 Å². The highest BCUT2D eigenvalue weighted by Gasteiger charge is 2.16. The van der Waals surface area contributed by atoms with E-state index in [1.54, 1.807) is 25.3 Å². The Hall–Kier alpha value is -2.63. The van der Waals surface area contributed by atoms with Gasteiger partial charge in [0.2, 0.25) is 0 Å². The molecule has 132 valence electrons. The minimum Gasteiger partial charge on any atom is -0.357 e. The molecule has 1 fully saturated rings. The largest absolute Gasteiger partial charge is 0.357 e. The molecule has 0 spiro atoms. The van der Waals surface area contributed by atoms with Crippen molar-refractivity contribution in [3.8, 4) is 0 Å². The molecule has 2 N–H and O–H groups in total. The van der Waals surface area contributed by atoms with Gasteiger partial charge in [-0.1, -0.05) is 13.0 Å². The lowest BCUT2D eigenvalue weighted by Crippen LogP contribution is -2.33. The van der Waals surface area contributed by atoms with Crippen LogP contribution in [0.3, 0.4) is 0 Å². The van der Waals surface area contributed by atoms with Gasteiger partial charge in [0, 0.05) is 31.5 Å². The van der Waals surface area contributed by atoms with E-state index in [1.165, 1.54) is 12.8 Å². The molecular weight excluding hydrogens is 316 g/mol. The highest BCUT2D eigenvalue weighted by molar-refractivity contribution is 5.93. The van der Waals surface area contributed by atoms with Crippen LogP contribution in [0.5, 0.6) is 0 Å². The number of anilines is 1. The second-order valence-corrected chi connectivity index (χ2v) is 6.76. The Balaban J connectivity index is 1.58. The molecule has 1 aliphatic rings. The maximum atomic E-state index is 12.1. The number of hydrogen-bond acceptors (Lipinski definition) is 4. The van der Waals surface area contributed by atoms with Crippen molar-refractivity contribution >= 4 is 11.7 Å². The van der Waals surface area contributed by atoms with E-state index in [1.807, 2.05) is 12.1 Å². The number of carbonyl (C=O) groups is 1. The van der Waals surface area contributed by atoms with Gasteiger partial charge in [0.05, 0.1) is 0 Å². The SMILES string of the molecule is Cc1ccc(C(=O)NCc2ccc(N3CCC(C)CC3)nc2)c(=O)[nH]1. The summed E-state index contributed by atoms with van der Waals surface area (Å²) in [5.74, 6) is 1.39. The number of pyridine rings is 2. The van der Waals surface area contributed by atoms with Crippen LogP contribution in [0, 0.1) is 12.8 Å². The predicted octanol–water partition coefficient (Wildman–Crippen LogP) is 2.24. The van der Waals surface area contributed by atoms with E-state index >= 15 is 0 Å². The highest BCUT2D eigenvalue weighted by Crippen LogP contribution is 2.21. The van der Waals surface area contributed by atoms with Crippen molar-refractivity contribution in [1.29, 1.82) is 0 Å². The maximum absolute atomic E-state index is 12.1. The number of nitrogens with one attached hydrogen (secondary N) is 2. The van der Waals surface area contributed by atoms with E-state index in [-0.39, 0.29) is 17.0 Å². The fourth-order valence-electron chi connectivity index (χ4n) is 2.97. The summed E-state index contributed by atoms with van der Waals surface area (Å²) in [5, 5.41) is 2.77. The van der Waals surface area contributed by atoms with Crippen LogP contribution in [-0.2, 0) is 6.54 Å². The number of rotatable bonds is 4. The monoisotopic (exact) mass is 340 g/mol. The Morgan fingerprint density at radius 1 is 1.28 bits per heavy atom. The molecule has 0 bridgehead atoms. The third kappa shape index (κ3) is 4.26. The van der Waals surface area contributed by atoms with Crippen LogP contribution in [0.2, 0.25) is 0 Å². The summed E-state index contributed by atoms with van der Waals surface area (Å²) in [6.45, 7) is 6.49. The molecule has 0 radical (unpaired) electrons. The van der Waals surface area contributed by atoms with E-state index in [2.05, 4.69) is 27.1 Å². The molecule has 2 aromatic heterocycles. The highest BCUT2D eigenvalue weighted by atomic mass is 16.2. The van der Waals surface area contributed by atoms with Gasteiger partial charge in [0.25, 0.3) is 11.5 Å². The molecule has 6 nitrogen and oxygen atoms in total. The van der Waals surface area contributed by atoms with Crippen LogP contribution in [0.1, 0.15) is 41.4 Å². The summed E-state index contributed by atoms with van der Waals surface area (Å²) >= 11 is 0. The normalized spacial score (nSPS) is 15.2. The van der Waals surface area contributed by atoms with E-state index in [0.717, 1.165) is 36.1 Å². The number of carbonyl (C=O) groups excluding carboxylic acids is 1. The van der Waals surface area contributed by atoms with Gasteiger partial charge in [0.15, 0.2) is 0 Å². The van der Waals surface area contributed by atoms with E-state index in [0.29, 0.717) is 6.54 Å². The van der Waals surface area contributed by atoms with Crippen LogP contribution in [-0.4, -0.2) is 29.0 Å². The van der Waals surface area contributed by atoms with Crippen molar-refractivity contribution in [3.63, 3.8) is 0 Å². The maximum Gasteiger partial charge on any atom is 0.260 e. The molecule has 3 heterocycles. The van der Waals surface area contributed by atoms with Crippen molar-refractivity contribution < 1.29 is 4.79 Å². The first-order chi connectivity index (χ1) is 12.0. The lowest BCUT2D eigenvalue weighted by atomic mass is 9.99. The van der Waals surface area contributed by atoms with Crippen molar-refractivity contribution in [1.82, 2.24) is 15.3 Å². The van der Waals surface area contributed by atoms with Gasteiger partial charge >= 0.3 is 0 Å². The lowest BCUT2D eigenvalue weighted by Gasteiger charge is -2.31. The van der Waals surface area contributed by atoms with Crippen LogP contribution < -0.4 is 15.8 Å². The minimum absolute atomic E-state index is 0.123. The quantitative estimate of drug-likeness (QED) is 0.895. The summed E-state index contributed by atoms with van der Waals surface area (Å²) in [4.78, 5) is 33.4. The molecular formula is C19H24N4O2. The third-order valence-corrected chi connectivity index (χ3v) is 4.67. The second kappa shape index (κ2) is 7.51. The minimum atomic E-state index is -0.379. The van der Waals surface area contributed by atoms with Crippen LogP contribution in [0.25, 0.3) is 0 Å². The van der Waals surface area contributed by atoms with Gasteiger partial charge in [-0.2, -0.15) is 0 Å². The Bertz CT molecular complexity index is 790. The number of hydrogen-bond donors (Lipinski definition) is 2. The zero-order chi connectivity index (χ0) is 17.8. The molecule has 0 aromatic carbocycles. The smallest absolute Gasteiger partial charge is 0.260 e. The summed E-state index contributed by atoms with van der Waals surface area (Å²) in [5.41, 5.74) is 1.39. The molecule has 6 heteroatoms. The van der Waals surface area contributed by atoms with Crippen molar-refractivity contribution in [2.75, 3.05) is 18.0 Å². The summed E-state index contributed by atoms with van der Waals surface area (Å²) in [6.07, 6.45) is 4.18. The molecule has 1 aliphatic heterocycles. The summed E-state index contributed by atoms with van der Waals surface area (Å²) < 4.78 is 0. The average Bonchev–Trinajstić information content (AvgIpc) is 2.61. The molecule has 0 saturated carbocycles. The fourth-order valence-corrected chi connectivity index (χ4v) is 2.97. The summed E-state index contributed by atoms with van der Waals surface area (Å²) in [7, 11) is 0. The number of H-pyrrole nitrogens is 1. The predicted molar refractivity (Wildman–Crippen MR) is 97.8 cm³/mol. The number of amides is 1. The molecule has 2 aromatic rings. The Morgan fingerprint density at radius 3 is 2.68 bits per heavy atom. The first-order valence-corrected chi connectivity index (χ1v) is 8.71. The van der Waals surface area contributed by atoms with Crippen molar-refractivity contribution in [2.45, 2.75) is 33.2 Å². The van der Waals surface area contributed by atoms with Crippen LogP contribution >= 0.6 is 0 Å². The van der Waals surface area contributed by atoms with Gasteiger partial charge in [0.1, 0.15) is 11.4 Å². The van der Waals surface area contributed by atoms with E-state index < -0.39 is 0 Å². The van der Waals surface area contributed by atoms with Gasteiger partial charge < -0.3 is 15.2 Å². The van der Waals surface area contributed by atoms with E-state index in [9.17, 15) is 9.59 Å². The number of aryl methyl sites for hydroxylation is 1. The fraction of sp³-hybridized carbons (Fsp3) is 0.421. The zero-order valence-electron chi connectivity index (χ0n) is 14.7. The van der Waals surface area contributed by atoms with Crippen LogP contribution in [0.4, 0.5) is 5.82 Å².